The summed E-state index contributed by atoms with van der Waals surface area (Å²) < 4.78 is 0. The van der Waals surface area contributed by atoms with Crippen LogP contribution in [-0.4, -0.2) is 29.5 Å². The maximum Gasteiger partial charge on any atom is 0.0705 e. The Bertz CT molecular complexity index is 549. The number of aromatic amines is 1. The van der Waals surface area contributed by atoms with Gasteiger partial charge in [-0.2, -0.15) is 0 Å². The fraction of sp³-hybridized carbons (Fsp3) is 0.429. The number of hydrogen-bond acceptors (Lipinski definition) is 2. The SMILES string of the molecule is NC[C@@H]1CCN(Cc2[nH]c3ccccc3c2Cl)C1. The second-order valence-electron chi connectivity index (χ2n) is 5.09. The number of aromatic nitrogens is 1. The average molecular weight is 264 g/mol. The molecule has 4 heteroatoms. The van der Waals surface area contributed by atoms with Gasteiger partial charge in [-0.3, -0.25) is 4.90 Å². The molecule has 0 bridgehead atoms. The Morgan fingerprint density at radius 1 is 1.39 bits per heavy atom. The summed E-state index contributed by atoms with van der Waals surface area (Å²) in [4.78, 5) is 5.84. The molecule has 18 heavy (non-hydrogen) atoms. The van der Waals surface area contributed by atoms with E-state index in [1.807, 2.05) is 12.1 Å². The first kappa shape index (κ1) is 12.0. The van der Waals surface area contributed by atoms with E-state index in [0.717, 1.165) is 47.8 Å². The summed E-state index contributed by atoms with van der Waals surface area (Å²) in [5.74, 6) is 0.646. The minimum atomic E-state index is 0.646. The van der Waals surface area contributed by atoms with Gasteiger partial charge in [-0.15, -0.1) is 0 Å². The number of benzene rings is 1. The predicted molar refractivity (Wildman–Crippen MR) is 75.7 cm³/mol. The summed E-state index contributed by atoms with van der Waals surface area (Å²) >= 11 is 6.42. The van der Waals surface area contributed by atoms with E-state index in [9.17, 15) is 0 Å². The van der Waals surface area contributed by atoms with Gasteiger partial charge in [0.1, 0.15) is 0 Å². The first-order chi connectivity index (χ1) is 8.78. The van der Waals surface area contributed by atoms with Crippen molar-refractivity contribution < 1.29 is 0 Å². The Labute approximate surface area is 112 Å². The number of para-hydroxylation sites is 1. The van der Waals surface area contributed by atoms with Gasteiger partial charge in [0.15, 0.2) is 0 Å². The number of nitrogens with two attached hydrogens (primary N) is 1. The van der Waals surface area contributed by atoms with E-state index in [4.69, 9.17) is 17.3 Å². The second kappa shape index (κ2) is 4.92. The van der Waals surface area contributed by atoms with Crippen LogP contribution in [0.15, 0.2) is 24.3 Å². The molecule has 1 atom stereocenters. The number of nitrogens with zero attached hydrogens (tertiary/aromatic N) is 1. The molecule has 1 aromatic heterocycles. The maximum atomic E-state index is 6.42. The van der Waals surface area contributed by atoms with Crippen molar-refractivity contribution in [3.05, 3.63) is 35.0 Å². The van der Waals surface area contributed by atoms with Gasteiger partial charge in [-0.05, 0) is 31.5 Å². The van der Waals surface area contributed by atoms with Crippen LogP contribution in [0.3, 0.4) is 0 Å². The Kier molecular flexibility index (Phi) is 3.29. The third-order valence-electron chi connectivity index (χ3n) is 3.80. The molecule has 0 spiro atoms. The molecule has 0 unspecified atom stereocenters. The lowest BCUT2D eigenvalue weighted by atomic mass is 10.1. The molecule has 2 heterocycles. The average Bonchev–Trinajstić information content (AvgIpc) is 2.97. The Balaban J connectivity index is 1.81. The molecule has 1 fully saturated rings. The molecule has 96 valence electrons. The zero-order valence-corrected chi connectivity index (χ0v) is 11.1. The summed E-state index contributed by atoms with van der Waals surface area (Å²) in [6, 6.07) is 8.17. The molecule has 0 amide bonds. The molecular weight excluding hydrogens is 246 g/mol. The molecule has 0 radical (unpaired) electrons. The van der Waals surface area contributed by atoms with E-state index >= 15 is 0 Å². The normalized spacial score (nSPS) is 20.9. The van der Waals surface area contributed by atoms with Gasteiger partial charge in [0.05, 0.1) is 5.02 Å². The van der Waals surface area contributed by atoms with Gasteiger partial charge in [0.25, 0.3) is 0 Å². The van der Waals surface area contributed by atoms with E-state index in [1.165, 1.54) is 6.42 Å². The zero-order chi connectivity index (χ0) is 12.5. The molecule has 2 aromatic rings. The fourth-order valence-corrected chi connectivity index (χ4v) is 3.02. The third kappa shape index (κ3) is 2.14. The molecular formula is C14H18ClN3. The molecule has 1 aliphatic rings. The number of rotatable bonds is 3. The second-order valence-corrected chi connectivity index (χ2v) is 5.47. The summed E-state index contributed by atoms with van der Waals surface area (Å²) in [5, 5.41) is 1.98. The molecule has 3 nitrogen and oxygen atoms in total. The zero-order valence-electron chi connectivity index (χ0n) is 10.3. The smallest absolute Gasteiger partial charge is 0.0705 e. The highest BCUT2D eigenvalue weighted by molar-refractivity contribution is 6.36. The van der Waals surface area contributed by atoms with Crippen LogP contribution in [0.4, 0.5) is 0 Å². The van der Waals surface area contributed by atoms with Gasteiger partial charge < -0.3 is 10.7 Å². The van der Waals surface area contributed by atoms with E-state index in [-0.39, 0.29) is 0 Å². The van der Waals surface area contributed by atoms with Crippen LogP contribution in [0.5, 0.6) is 0 Å². The minimum Gasteiger partial charge on any atom is -0.356 e. The summed E-state index contributed by atoms with van der Waals surface area (Å²) in [7, 11) is 0. The van der Waals surface area contributed by atoms with Gasteiger partial charge in [-0.25, -0.2) is 0 Å². The van der Waals surface area contributed by atoms with Crippen LogP contribution in [0.25, 0.3) is 10.9 Å². The van der Waals surface area contributed by atoms with Crippen molar-refractivity contribution in [1.82, 2.24) is 9.88 Å². The van der Waals surface area contributed by atoms with E-state index in [0.29, 0.717) is 5.92 Å². The topological polar surface area (TPSA) is 45.0 Å². The Morgan fingerprint density at radius 3 is 2.94 bits per heavy atom. The quantitative estimate of drug-likeness (QED) is 0.894. The Morgan fingerprint density at radius 2 is 2.22 bits per heavy atom. The van der Waals surface area contributed by atoms with E-state index < -0.39 is 0 Å². The summed E-state index contributed by atoms with van der Waals surface area (Å²) in [6.07, 6.45) is 1.20. The molecule has 1 saturated heterocycles. The van der Waals surface area contributed by atoms with Crippen molar-refractivity contribution in [1.29, 1.82) is 0 Å². The largest absolute Gasteiger partial charge is 0.356 e. The van der Waals surface area contributed by atoms with Crippen LogP contribution < -0.4 is 5.73 Å². The van der Waals surface area contributed by atoms with E-state index in [1.54, 1.807) is 0 Å². The van der Waals surface area contributed by atoms with Crippen molar-refractivity contribution in [3.63, 3.8) is 0 Å². The molecule has 0 saturated carbocycles. The number of H-pyrrole nitrogens is 1. The number of halogens is 1. The highest BCUT2D eigenvalue weighted by Crippen LogP contribution is 2.29. The number of hydrogen-bond donors (Lipinski definition) is 2. The lowest BCUT2D eigenvalue weighted by Gasteiger charge is -2.14. The first-order valence-electron chi connectivity index (χ1n) is 6.45. The number of nitrogens with one attached hydrogen (secondary N) is 1. The first-order valence-corrected chi connectivity index (χ1v) is 6.83. The number of likely N-dealkylation sites (tertiary alicyclic amines) is 1. The molecule has 3 rings (SSSR count). The van der Waals surface area contributed by atoms with Crippen LogP contribution >= 0.6 is 11.6 Å². The predicted octanol–water partition coefficient (Wildman–Crippen LogP) is 2.60. The van der Waals surface area contributed by atoms with E-state index in [2.05, 4.69) is 22.0 Å². The van der Waals surface area contributed by atoms with Gasteiger partial charge >= 0.3 is 0 Å². The summed E-state index contributed by atoms with van der Waals surface area (Å²) in [6.45, 7) is 3.89. The van der Waals surface area contributed by atoms with Crippen molar-refractivity contribution in [2.24, 2.45) is 11.7 Å². The molecule has 3 N–H and O–H groups in total. The lowest BCUT2D eigenvalue weighted by Crippen LogP contribution is -2.23. The summed E-state index contributed by atoms with van der Waals surface area (Å²) in [5.41, 5.74) is 7.96. The van der Waals surface area contributed by atoms with Crippen LogP contribution in [0.2, 0.25) is 5.02 Å². The molecule has 1 aliphatic heterocycles. The van der Waals surface area contributed by atoms with Crippen molar-refractivity contribution in [2.45, 2.75) is 13.0 Å². The van der Waals surface area contributed by atoms with Gasteiger partial charge in [0.2, 0.25) is 0 Å². The lowest BCUT2D eigenvalue weighted by molar-refractivity contribution is 0.315. The number of fused-ring (bicyclic) bond motifs is 1. The van der Waals surface area contributed by atoms with Gasteiger partial charge in [-0.1, -0.05) is 29.8 Å². The third-order valence-corrected chi connectivity index (χ3v) is 4.23. The highest BCUT2D eigenvalue weighted by atomic mass is 35.5. The van der Waals surface area contributed by atoms with Crippen LogP contribution in [0.1, 0.15) is 12.1 Å². The highest BCUT2D eigenvalue weighted by Gasteiger charge is 2.22. The molecule has 0 aliphatic carbocycles. The maximum absolute atomic E-state index is 6.42. The van der Waals surface area contributed by atoms with Crippen LogP contribution in [0, 0.1) is 5.92 Å². The monoisotopic (exact) mass is 263 g/mol. The minimum absolute atomic E-state index is 0.646. The van der Waals surface area contributed by atoms with Crippen molar-refractivity contribution in [2.75, 3.05) is 19.6 Å². The van der Waals surface area contributed by atoms with Crippen molar-refractivity contribution >= 4 is 22.5 Å². The van der Waals surface area contributed by atoms with Crippen LogP contribution in [-0.2, 0) is 6.54 Å². The Hall–Kier alpha value is -1.03. The standard InChI is InChI=1S/C14H18ClN3/c15-14-11-3-1-2-4-12(11)17-13(14)9-18-6-5-10(7-16)8-18/h1-4,10,17H,5-9,16H2/t10-/m0/s1. The van der Waals surface area contributed by atoms with Crippen molar-refractivity contribution in [3.8, 4) is 0 Å². The fourth-order valence-electron chi connectivity index (χ4n) is 2.74. The molecule has 1 aromatic carbocycles. The van der Waals surface area contributed by atoms with Gasteiger partial charge in [0, 0.05) is 29.7 Å².